The van der Waals surface area contributed by atoms with Crippen molar-refractivity contribution in [3.8, 4) is 0 Å². The van der Waals surface area contributed by atoms with Gasteiger partial charge < -0.3 is 24.8 Å². The van der Waals surface area contributed by atoms with Gasteiger partial charge in [-0.15, -0.1) is 0 Å². The summed E-state index contributed by atoms with van der Waals surface area (Å²) in [7, 11) is 1.68. The minimum absolute atomic E-state index is 0.269. The lowest BCUT2D eigenvalue weighted by Crippen LogP contribution is -2.42. The van der Waals surface area contributed by atoms with E-state index in [-0.39, 0.29) is 12.7 Å². The molecule has 7 nitrogen and oxygen atoms in total. The van der Waals surface area contributed by atoms with Crippen LogP contribution in [0.5, 0.6) is 0 Å². The van der Waals surface area contributed by atoms with Crippen molar-refractivity contribution in [1.82, 2.24) is 15.2 Å². The maximum Gasteiger partial charge on any atom is 0.407 e. The minimum Gasteiger partial charge on any atom is -0.501 e. The number of hydrogen-bond acceptors (Lipinski definition) is 6. The van der Waals surface area contributed by atoms with Crippen molar-refractivity contribution in [3.63, 3.8) is 0 Å². The molecule has 1 amide bonds. The number of hydrogen-bond donors (Lipinski definition) is 2. The van der Waals surface area contributed by atoms with E-state index in [4.69, 9.17) is 9.47 Å². The number of likely N-dealkylation sites (tertiary alicyclic amines) is 1. The van der Waals surface area contributed by atoms with Gasteiger partial charge in [-0.2, -0.15) is 0 Å². The summed E-state index contributed by atoms with van der Waals surface area (Å²) < 4.78 is 10.7. The highest BCUT2D eigenvalue weighted by Crippen LogP contribution is 2.30. The van der Waals surface area contributed by atoms with Gasteiger partial charge in [0.1, 0.15) is 6.61 Å². The second-order valence-corrected chi connectivity index (χ2v) is 8.80. The SMILES string of the molecule is COC1=Cc2c(C(O)CN3CCC[C@@H](CNC(=O)OCc4ccccc4)C3)ccnc2CC1. The fourth-order valence-electron chi connectivity index (χ4n) is 4.65. The Hall–Kier alpha value is -2.90. The molecule has 1 aromatic carbocycles. The standard InChI is InChI=1S/C26H33N3O4/c1-32-21-9-10-24-23(14-21)22(11-12-27-24)25(30)17-29-13-5-8-20(16-29)15-28-26(31)33-18-19-6-3-2-4-7-19/h2-4,6-7,11-12,14,20,25,30H,5,8-10,13,15-18H2,1H3,(H,28,31)/t20-,25?/m0/s1. The van der Waals surface area contributed by atoms with E-state index < -0.39 is 6.10 Å². The molecule has 176 valence electrons. The number of fused-ring (bicyclic) bond motifs is 1. The second-order valence-electron chi connectivity index (χ2n) is 8.80. The maximum absolute atomic E-state index is 12.1. The largest absolute Gasteiger partial charge is 0.501 e. The number of rotatable bonds is 8. The maximum atomic E-state index is 12.1. The lowest BCUT2D eigenvalue weighted by Gasteiger charge is -2.34. The average Bonchev–Trinajstić information content (AvgIpc) is 2.86. The first-order valence-electron chi connectivity index (χ1n) is 11.7. The van der Waals surface area contributed by atoms with Crippen LogP contribution in [0.2, 0.25) is 0 Å². The van der Waals surface area contributed by atoms with Crippen molar-refractivity contribution < 1.29 is 19.4 Å². The Labute approximate surface area is 195 Å². The minimum atomic E-state index is -0.600. The van der Waals surface area contributed by atoms with E-state index in [1.165, 1.54) is 0 Å². The Balaban J connectivity index is 1.27. The third-order valence-electron chi connectivity index (χ3n) is 6.42. The number of piperidine rings is 1. The van der Waals surface area contributed by atoms with Crippen LogP contribution < -0.4 is 5.32 Å². The molecule has 1 aromatic heterocycles. The van der Waals surface area contributed by atoms with E-state index in [0.29, 0.717) is 19.0 Å². The van der Waals surface area contributed by atoms with Crippen molar-refractivity contribution in [2.24, 2.45) is 5.92 Å². The predicted molar refractivity (Wildman–Crippen MR) is 126 cm³/mol. The van der Waals surface area contributed by atoms with Crippen LogP contribution in [0.1, 0.15) is 47.8 Å². The molecule has 0 bridgehead atoms. The number of aromatic nitrogens is 1. The number of methoxy groups -OCH3 is 1. The molecule has 1 aliphatic heterocycles. The summed E-state index contributed by atoms with van der Waals surface area (Å²) >= 11 is 0. The Morgan fingerprint density at radius 2 is 2.12 bits per heavy atom. The van der Waals surface area contributed by atoms with E-state index in [0.717, 1.165) is 66.9 Å². The van der Waals surface area contributed by atoms with E-state index >= 15 is 0 Å². The molecule has 33 heavy (non-hydrogen) atoms. The van der Waals surface area contributed by atoms with Crippen molar-refractivity contribution in [3.05, 3.63) is 70.7 Å². The van der Waals surface area contributed by atoms with Crippen molar-refractivity contribution in [1.29, 1.82) is 0 Å². The number of aryl methyl sites for hydroxylation is 1. The highest BCUT2D eigenvalue weighted by Gasteiger charge is 2.25. The van der Waals surface area contributed by atoms with Crippen LogP contribution in [0.25, 0.3) is 6.08 Å². The van der Waals surface area contributed by atoms with E-state index in [1.807, 2.05) is 42.5 Å². The quantitative estimate of drug-likeness (QED) is 0.637. The number of pyridine rings is 1. The van der Waals surface area contributed by atoms with E-state index in [1.54, 1.807) is 13.3 Å². The summed E-state index contributed by atoms with van der Waals surface area (Å²) in [6.07, 6.45) is 6.56. The second kappa shape index (κ2) is 11.3. The van der Waals surface area contributed by atoms with Gasteiger partial charge >= 0.3 is 6.09 Å². The summed E-state index contributed by atoms with van der Waals surface area (Å²) in [4.78, 5) is 18.9. The van der Waals surface area contributed by atoms with Crippen LogP contribution in [0.15, 0.2) is 48.4 Å². The van der Waals surface area contributed by atoms with Crippen LogP contribution in [0.4, 0.5) is 4.79 Å². The Morgan fingerprint density at radius 1 is 1.27 bits per heavy atom. The first-order chi connectivity index (χ1) is 16.1. The fraction of sp³-hybridized carbons (Fsp3) is 0.462. The van der Waals surface area contributed by atoms with Gasteiger partial charge in [-0.3, -0.25) is 4.98 Å². The van der Waals surface area contributed by atoms with Gasteiger partial charge in [-0.1, -0.05) is 30.3 Å². The third kappa shape index (κ3) is 6.33. The van der Waals surface area contributed by atoms with Gasteiger partial charge in [0, 0.05) is 43.5 Å². The predicted octanol–water partition coefficient (Wildman–Crippen LogP) is 3.69. The van der Waals surface area contributed by atoms with Crippen LogP contribution in [0, 0.1) is 5.92 Å². The zero-order valence-corrected chi connectivity index (χ0v) is 19.2. The van der Waals surface area contributed by atoms with Crippen molar-refractivity contribution >= 4 is 12.2 Å². The first kappa shape index (κ1) is 23.3. The number of allylic oxidation sites excluding steroid dienone is 1. The fourth-order valence-corrected chi connectivity index (χ4v) is 4.65. The molecule has 7 heteroatoms. The van der Waals surface area contributed by atoms with Gasteiger partial charge in [0.15, 0.2) is 0 Å². The zero-order chi connectivity index (χ0) is 23.0. The molecule has 1 unspecified atom stereocenters. The molecule has 2 aliphatic rings. The van der Waals surface area contributed by atoms with Gasteiger partial charge in [-0.05, 0) is 55.0 Å². The van der Waals surface area contributed by atoms with Crippen LogP contribution in [-0.4, -0.2) is 54.4 Å². The number of ether oxygens (including phenoxy) is 2. The lowest BCUT2D eigenvalue weighted by molar-refractivity contribution is 0.0823. The molecule has 1 aliphatic carbocycles. The molecule has 0 saturated carbocycles. The zero-order valence-electron chi connectivity index (χ0n) is 19.2. The first-order valence-corrected chi connectivity index (χ1v) is 11.7. The van der Waals surface area contributed by atoms with Gasteiger partial charge in [0.25, 0.3) is 0 Å². The molecule has 2 N–H and O–H groups in total. The molecule has 2 heterocycles. The van der Waals surface area contributed by atoms with Crippen molar-refractivity contribution in [2.45, 2.75) is 38.4 Å². The van der Waals surface area contributed by atoms with Crippen LogP contribution in [-0.2, 0) is 22.5 Å². The molecular weight excluding hydrogens is 418 g/mol. The van der Waals surface area contributed by atoms with E-state index in [2.05, 4.69) is 15.2 Å². The number of β-amino-alcohol motifs (C(OH)–C–C–N with tert-alkyl or cyclic N) is 1. The van der Waals surface area contributed by atoms with Gasteiger partial charge in [0.2, 0.25) is 0 Å². The van der Waals surface area contributed by atoms with Crippen LogP contribution in [0.3, 0.4) is 0 Å². The molecule has 2 atom stereocenters. The molecule has 1 fully saturated rings. The summed E-state index contributed by atoms with van der Waals surface area (Å²) in [6, 6.07) is 11.6. The molecular formula is C26H33N3O4. The normalized spacial score (nSPS) is 19.2. The number of alkyl carbamates (subject to hydrolysis) is 1. The Bertz CT molecular complexity index is 963. The van der Waals surface area contributed by atoms with Gasteiger partial charge in [-0.25, -0.2) is 4.79 Å². The summed E-state index contributed by atoms with van der Waals surface area (Å²) in [5.74, 6) is 1.26. The number of carbonyl (C=O) groups excluding carboxylic acids is 1. The molecule has 0 spiro atoms. The number of aliphatic hydroxyl groups excluding tert-OH is 1. The monoisotopic (exact) mass is 451 g/mol. The van der Waals surface area contributed by atoms with E-state index in [9.17, 15) is 9.90 Å². The van der Waals surface area contributed by atoms with Gasteiger partial charge in [0.05, 0.1) is 19.0 Å². The summed E-state index contributed by atoms with van der Waals surface area (Å²) in [6.45, 7) is 3.18. The summed E-state index contributed by atoms with van der Waals surface area (Å²) in [5.41, 5.74) is 3.88. The smallest absolute Gasteiger partial charge is 0.407 e. The molecule has 1 saturated heterocycles. The van der Waals surface area contributed by atoms with Crippen molar-refractivity contribution in [2.75, 3.05) is 33.3 Å². The highest BCUT2D eigenvalue weighted by molar-refractivity contribution is 5.67. The summed E-state index contributed by atoms with van der Waals surface area (Å²) in [5, 5.41) is 13.9. The Kier molecular flexibility index (Phi) is 7.96. The lowest BCUT2D eigenvalue weighted by atomic mass is 9.93. The number of carbonyl (C=O) groups is 1. The average molecular weight is 452 g/mol. The number of benzene rings is 1. The highest BCUT2D eigenvalue weighted by atomic mass is 16.5. The molecule has 4 rings (SSSR count). The molecule has 0 radical (unpaired) electrons. The number of nitrogens with one attached hydrogen (secondary N) is 1. The number of amides is 1. The molecule has 2 aromatic rings. The topological polar surface area (TPSA) is 83.9 Å². The third-order valence-corrected chi connectivity index (χ3v) is 6.42. The van der Waals surface area contributed by atoms with Crippen LogP contribution >= 0.6 is 0 Å². The Morgan fingerprint density at radius 3 is 2.94 bits per heavy atom. The number of nitrogens with zero attached hydrogens (tertiary/aromatic N) is 2. The number of aliphatic hydroxyl groups is 1.